The predicted molar refractivity (Wildman–Crippen MR) is 95.2 cm³/mol. The van der Waals surface area contributed by atoms with E-state index < -0.39 is 0 Å². The molecule has 0 unspecified atom stereocenters. The van der Waals surface area contributed by atoms with Crippen molar-refractivity contribution in [3.63, 3.8) is 0 Å². The number of hydrogen-bond donors (Lipinski definition) is 1. The topological polar surface area (TPSA) is 49.4 Å². The Morgan fingerprint density at radius 2 is 1.83 bits per heavy atom. The maximum atomic E-state index is 12.2. The van der Waals surface area contributed by atoms with Crippen LogP contribution in [0.15, 0.2) is 28.7 Å². The molecule has 2 rings (SSSR count). The van der Waals surface area contributed by atoms with Gasteiger partial charge in [0.25, 0.3) is 5.91 Å². The molecule has 0 spiro atoms. The SMILES string of the molecule is CC(C)C1CCN(C(=O)CCNC(=O)c2ccc(Br)cc2)CC1. The lowest BCUT2D eigenvalue weighted by atomic mass is 9.86. The molecule has 0 aliphatic carbocycles. The fraction of sp³-hybridized carbons (Fsp3) is 0.556. The molecule has 5 heteroatoms. The Morgan fingerprint density at radius 3 is 2.39 bits per heavy atom. The molecule has 0 saturated carbocycles. The summed E-state index contributed by atoms with van der Waals surface area (Å²) in [7, 11) is 0. The van der Waals surface area contributed by atoms with Crippen LogP contribution in [0.2, 0.25) is 0 Å². The fourth-order valence-corrected chi connectivity index (χ4v) is 3.22. The van der Waals surface area contributed by atoms with Crippen molar-refractivity contribution >= 4 is 27.7 Å². The van der Waals surface area contributed by atoms with Crippen molar-refractivity contribution in [2.24, 2.45) is 11.8 Å². The number of rotatable bonds is 5. The highest BCUT2D eigenvalue weighted by Crippen LogP contribution is 2.24. The van der Waals surface area contributed by atoms with Crippen molar-refractivity contribution in [2.75, 3.05) is 19.6 Å². The number of benzene rings is 1. The molecule has 1 fully saturated rings. The molecule has 0 aromatic heterocycles. The summed E-state index contributed by atoms with van der Waals surface area (Å²) in [5.41, 5.74) is 0.610. The summed E-state index contributed by atoms with van der Waals surface area (Å²) in [5, 5.41) is 2.81. The Balaban J connectivity index is 1.71. The smallest absolute Gasteiger partial charge is 0.251 e. The van der Waals surface area contributed by atoms with Crippen LogP contribution in [-0.2, 0) is 4.79 Å². The Bertz CT molecular complexity index is 534. The van der Waals surface area contributed by atoms with E-state index >= 15 is 0 Å². The van der Waals surface area contributed by atoms with Crippen molar-refractivity contribution in [3.8, 4) is 0 Å². The molecule has 23 heavy (non-hydrogen) atoms. The van der Waals surface area contributed by atoms with Crippen LogP contribution in [-0.4, -0.2) is 36.3 Å². The van der Waals surface area contributed by atoms with E-state index in [4.69, 9.17) is 0 Å². The molecule has 0 bridgehead atoms. The number of amides is 2. The zero-order chi connectivity index (χ0) is 16.8. The minimum atomic E-state index is -0.135. The van der Waals surface area contributed by atoms with Gasteiger partial charge in [0.15, 0.2) is 0 Å². The summed E-state index contributed by atoms with van der Waals surface area (Å²) < 4.78 is 0.939. The summed E-state index contributed by atoms with van der Waals surface area (Å²) in [5.74, 6) is 1.43. The molecule has 1 heterocycles. The fourth-order valence-electron chi connectivity index (χ4n) is 2.96. The van der Waals surface area contributed by atoms with E-state index in [2.05, 4.69) is 35.1 Å². The summed E-state index contributed by atoms with van der Waals surface area (Å²) in [6.07, 6.45) is 2.55. The Morgan fingerprint density at radius 1 is 1.22 bits per heavy atom. The minimum absolute atomic E-state index is 0.135. The normalized spacial score (nSPS) is 15.7. The van der Waals surface area contributed by atoms with Crippen LogP contribution in [0.1, 0.15) is 43.5 Å². The Hall–Kier alpha value is -1.36. The maximum absolute atomic E-state index is 12.2. The first-order valence-corrected chi connectivity index (χ1v) is 9.08. The molecule has 4 nitrogen and oxygen atoms in total. The van der Waals surface area contributed by atoms with E-state index in [-0.39, 0.29) is 11.8 Å². The lowest BCUT2D eigenvalue weighted by molar-refractivity contribution is -0.132. The first-order valence-electron chi connectivity index (χ1n) is 8.29. The zero-order valence-corrected chi connectivity index (χ0v) is 15.4. The second-order valence-corrected chi connectivity index (χ2v) is 7.39. The third kappa shape index (κ3) is 5.34. The molecular weight excluding hydrogens is 356 g/mol. The van der Waals surface area contributed by atoms with Crippen molar-refractivity contribution in [3.05, 3.63) is 34.3 Å². The molecular formula is C18H25BrN2O2. The van der Waals surface area contributed by atoms with E-state index in [1.54, 1.807) is 12.1 Å². The van der Waals surface area contributed by atoms with E-state index in [1.807, 2.05) is 17.0 Å². The van der Waals surface area contributed by atoms with Gasteiger partial charge in [-0.2, -0.15) is 0 Å². The van der Waals surface area contributed by atoms with Gasteiger partial charge in [-0.05, 0) is 48.9 Å². The average molecular weight is 381 g/mol. The highest BCUT2D eigenvalue weighted by atomic mass is 79.9. The highest BCUT2D eigenvalue weighted by Gasteiger charge is 2.24. The zero-order valence-electron chi connectivity index (χ0n) is 13.8. The van der Waals surface area contributed by atoms with Crippen LogP contribution in [0.5, 0.6) is 0 Å². The second kappa shape index (κ2) is 8.48. The summed E-state index contributed by atoms with van der Waals surface area (Å²) in [4.78, 5) is 26.1. The van der Waals surface area contributed by atoms with E-state index in [0.29, 0.717) is 24.4 Å². The lowest BCUT2D eigenvalue weighted by Gasteiger charge is -2.34. The van der Waals surface area contributed by atoms with Gasteiger partial charge in [0, 0.05) is 36.1 Å². The van der Waals surface area contributed by atoms with Crippen LogP contribution in [0.3, 0.4) is 0 Å². The quantitative estimate of drug-likeness (QED) is 0.849. The standard InChI is InChI=1S/C18H25BrN2O2/c1-13(2)14-8-11-21(12-9-14)17(22)7-10-20-18(23)15-3-5-16(19)6-4-15/h3-6,13-14H,7-12H2,1-2H3,(H,20,23). The monoisotopic (exact) mass is 380 g/mol. The lowest BCUT2D eigenvalue weighted by Crippen LogP contribution is -2.40. The van der Waals surface area contributed by atoms with Gasteiger partial charge in [-0.15, -0.1) is 0 Å². The van der Waals surface area contributed by atoms with E-state index in [9.17, 15) is 9.59 Å². The number of hydrogen-bond acceptors (Lipinski definition) is 2. The van der Waals surface area contributed by atoms with Crippen LogP contribution in [0, 0.1) is 11.8 Å². The summed E-state index contributed by atoms with van der Waals surface area (Å²) in [6.45, 7) is 6.59. The number of carbonyl (C=O) groups excluding carboxylic acids is 2. The number of nitrogens with one attached hydrogen (secondary N) is 1. The number of halogens is 1. The molecule has 0 radical (unpaired) electrons. The second-order valence-electron chi connectivity index (χ2n) is 6.48. The Labute approximate surface area is 146 Å². The van der Waals surface area contributed by atoms with E-state index in [1.165, 1.54) is 0 Å². The van der Waals surface area contributed by atoms with Gasteiger partial charge in [0.1, 0.15) is 0 Å². The predicted octanol–water partition coefficient (Wildman–Crippen LogP) is 3.46. The van der Waals surface area contributed by atoms with Gasteiger partial charge < -0.3 is 10.2 Å². The van der Waals surface area contributed by atoms with Crippen LogP contribution in [0.4, 0.5) is 0 Å². The van der Waals surface area contributed by atoms with Crippen LogP contribution < -0.4 is 5.32 Å². The van der Waals surface area contributed by atoms with Gasteiger partial charge in [-0.3, -0.25) is 9.59 Å². The first-order chi connectivity index (χ1) is 11.0. The molecule has 126 valence electrons. The van der Waals surface area contributed by atoms with Gasteiger partial charge in [-0.1, -0.05) is 29.8 Å². The molecule has 2 amide bonds. The third-order valence-electron chi connectivity index (χ3n) is 4.57. The molecule has 1 aromatic carbocycles. The minimum Gasteiger partial charge on any atom is -0.352 e. The molecule has 0 atom stereocenters. The van der Waals surface area contributed by atoms with Crippen molar-refractivity contribution in [1.29, 1.82) is 0 Å². The first kappa shape index (κ1) is 18.0. The molecule has 1 saturated heterocycles. The number of nitrogens with zero attached hydrogens (tertiary/aromatic N) is 1. The third-order valence-corrected chi connectivity index (χ3v) is 5.09. The van der Waals surface area contributed by atoms with Gasteiger partial charge in [-0.25, -0.2) is 0 Å². The van der Waals surface area contributed by atoms with E-state index in [0.717, 1.165) is 36.3 Å². The molecule has 1 aliphatic heterocycles. The largest absolute Gasteiger partial charge is 0.352 e. The maximum Gasteiger partial charge on any atom is 0.251 e. The van der Waals surface area contributed by atoms with Crippen molar-refractivity contribution in [1.82, 2.24) is 10.2 Å². The molecule has 1 N–H and O–H groups in total. The Kier molecular flexibility index (Phi) is 6.63. The van der Waals surface area contributed by atoms with Crippen LogP contribution >= 0.6 is 15.9 Å². The van der Waals surface area contributed by atoms with Crippen molar-refractivity contribution < 1.29 is 9.59 Å². The summed E-state index contributed by atoms with van der Waals surface area (Å²) in [6, 6.07) is 7.19. The highest BCUT2D eigenvalue weighted by molar-refractivity contribution is 9.10. The van der Waals surface area contributed by atoms with Gasteiger partial charge in [0.2, 0.25) is 5.91 Å². The number of likely N-dealkylation sites (tertiary alicyclic amines) is 1. The molecule has 1 aliphatic rings. The van der Waals surface area contributed by atoms with Crippen molar-refractivity contribution in [2.45, 2.75) is 33.1 Å². The van der Waals surface area contributed by atoms with Gasteiger partial charge in [0.05, 0.1) is 0 Å². The van der Waals surface area contributed by atoms with Gasteiger partial charge >= 0.3 is 0 Å². The van der Waals surface area contributed by atoms with Crippen LogP contribution in [0.25, 0.3) is 0 Å². The number of piperidine rings is 1. The number of carbonyl (C=O) groups is 2. The summed E-state index contributed by atoms with van der Waals surface area (Å²) >= 11 is 3.34. The molecule has 1 aromatic rings. The average Bonchev–Trinajstić information content (AvgIpc) is 2.55.